The molecule has 2 aliphatic rings. The molecule has 28 heavy (non-hydrogen) atoms. The number of hydrogen-bond acceptors (Lipinski definition) is 7. The van der Waals surface area contributed by atoms with Crippen molar-refractivity contribution in [3.63, 3.8) is 0 Å². The molecule has 2 aromatic heterocycles. The number of rotatable bonds is 4. The summed E-state index contributed by atoms with van der Waals surface area (Å²) in [5, 5.41) is 0.736. The van der Waals surface area contributed by atoms with Gasteiger partial charge < -0.3 is 9.80 Å². The van der Waals surface area contributed by atoms with Crippen molar-refractivity contribution < 1.29 is 4.79 Å². The molecule has 0 bridgehead atoms. The lowest BCUT2D eigenvalue weighted by Gasteiger charge is -2.35. The Morgan fingerprint density at radius 3 is 2.61 bits per heavy atom. The third kappa shape index (κ3) is 3.76. The second-order valence-electron chi connectivity index (χ2n) is 7.41. The summed E-state index contributed by atoms with van der Waals surface area (Å²) in [4.78, 5) is 42.5. The van der Waals surface area contributed by atoms with E-state index in [1.807, 2.05) is 18.7 Å². The van der Waals surface area contributed by atoms with E-state index in [9.17, 15) is 9.59 Å². The van der Waals surface area contributed by atoms with Crippen LogP contribution >= 0.6 is 11.8 Å². The fraction of sp³-hybridized carbons (Fsp3) is 0.526. The maximum atomic E-state index is 12.8. The molecule has 0 spiro atoms. The zero-order valence-electron chi connectivity index (χ0n) is 16.1. The van der Waals surface area contributed by atoms with Crippen LogP contribution in [0.4, 0.5) is 5.95 Å². The summed E-state index contributed by atoms with van der Waals surface area (Å²) >= 11 is 1.56. The Balaban J connectivity index is 1.39. The van der Waals surface area contributed by atoms with Gasteiger partial charge in [-0.3, -0.25) is 14.2 Å². The molecular formula is C19H24N6O2S. The lowest BCUT2D eigenvalue weighted by atomic mass is 10.1. The van der Waals surface area contributed by atoms with Gasteiger partial charge in [0.15, 0.2) is 5.16 Å². The van der Waals surface area contributed by atoms with Crippen molar-refractivity contribution in [2.75, 3.05) is 36.8 Å². The van der Waals surface area contributed by atoms with Crippen molar-refractivity contribution >= 4 is 23.6 Å². The Bertz CT molecular complexity index is 908. The molecule has 2 aromatic rings. The number of carbonyl (C=O) groups excluding carboxylic acids is 1. The van der Waals surface area contributed by atoms with Gasteiger partial charge in [-0.15, -0.1) is 0 Å². The monoisotopic (exact) mass is 400 g/mol. The van der Waals surface area contributed by atoms with Gasteiger partial charge >= 0.3 is 0 Å². The number of piperazine rings is 1. The van der Waals surface area contributed by atoms with Crippen LogP contribution in [0.3, 0.4) is 0 Å². The Kier molecular flexibility index (Phi) is 5.34. The van der Waals surface area contributed by atoms with Crippen molar-refractivity contribution in [2.45, 2.75) is 37.4 Å². The van der Waals surface area contributed by atoms with Crippen LogP contribution in [0.25, 0.3) is 0 Å². The summed E-state index contributed by atoms with van der Waals surface area (Å²) < 4.78 is 1.70. The molecule has 0 radical (unpaired) electrons. The van der Waals surface area contributed by atoms with E-state index < -0.39 is 0 Å². The highest BCUT2D eigenvalue weighted by Gasteiger charge is 2.30. The molecule has 1 amide bonds. The van der Waals surface area contributed by atoms with Crippen LogP contribution in [0.5, 0.6) is 0 Å². The minimum atomic E-state index is -0.121. The lowest BCUT2D eigenvalue weighted by molar-refractivity contribution is -0.132. The Morgan fingerprint density at radius 1 is 1.21 bits per heavy atom. The van der Waals surface area contributed by atoms with Crippen molar-refractivity contribution in [1.82, 2.24) is 24.4 Å². The molecule has 0 N–H and O–H groups in total. The maximum Gasteiger partial charge on any atom is 0.254 e. The highest BCUT2D eigenvalue weighted by atomic mass is 32.2. The highest BCUT2D eigenvalue weighted by molar-refractivity contribution is 7.99. The second-order valence-corrected chi connectivity index (χ2v) is 8.40. The number of aromatic nitrogens is 4. The van der Waals surface area contributed by atoms with Gasteiger partial charge in [0.1, 0.15) is 0 Å². The molecule has 0 saturated carbocycles. The SMILES string of the molecule is CC(C)c1cc(=O)n2c(n1)SCC2CC(=O)N1CCN(c2ncccn2)CC1. The predicted molar refractivity (Wildman–Crippen MR) is 108 cm³/mol. The number of hydrogen-bond donors (Lipinski definition) is 0. The summed E-state index contributed by atoms with van der Waals surface area (Å²) in [6, 6.07) is 3.28. The van der Waals surface area contributed by atoms with E-state index in [2.05, 4.69) is 19.9 Å². The molecule has 4 heterocycles. The van der Waals surface area contributed by atoms with Crippen molar-refractivity contribution in [2.24, 2.45) is 0 Å². The fourth-order valence-electron chi connectivity index (χ4n) is 3.56. The van der Waals surface area contributed by atoms with Crippen LogP contribution in [-0.4, -0.2) is 62.3 Å². The smallest absolute Gasteiger partial charge is 0.254 e. The Morgan fingerprint density at radius 2 is 1.93 bits per heavy atom. The van der Waals surface area contributed by atoms with Gasteiger partial charge in [0, 0.05) is 56.8 Å². The summed E-state index contributed by atoms with van der Waals surface area (Å²) in [6.45, 7) is 6.77. The van der Waals surface area contributed by atoms with E-state index in [1.54, 1.807) is 40.9 Å². The Hall–Kier alpha value is -2.42. The van der Waals surface area contributed by atoms with E-state index in [4.69, 9.17) is 0 Å². The van der Waals surface area contributed by atoms with E-state index in [0.717, 1.165) is 10.9 Å². The van der Waals surface area contributed by atoms with Gasteiger partial charge in [-0.25, -0.2) is 15.0 Å². The van der Waals surface area contributed by atoms with Crippen LogP contribution in [0.15, 0.2) is 34.5 Å². The van der Waals surface area contributed by atoms with E-state index in [-0.39, 0.29) is 23.4 Å². The van der Waals surface area contributed by atoms with Crippen molar-refractivity contribution in [3.05, 3.63) is 40.6 Å². The molecule has 1 saturated heterocycles. The zero-order chi connectivity index (χ0) is 19.7. The number of carbonyl (C=O) groups is 1. The first-order valence-electron chi connectivity index (χ1n) is 9.59. The molecule has 4 rings (SSSR count). The molecule has 1 atom stereocenters. The van der Waals surface area contributed by atoms with Gasteiger partial charge in [0.05, 0.1) is 11.7 Å². The normalized spacial score (nSPS) is 19.2. The maximum absolute atomic E-state index is 12.8. The van der Waals surface area contributed by atoms with Gasteiger partial charge in [-0.1, -0.05) is 25.6 Å². The van der Waals surface area contributed by atoms with Crippen LogP contribution < -0.4 is 10.5 Å². The van der Waals surface area contributed by atoms with E-state index in [1.165, 1.54) is 0 Å². The average molecular weight is 401 g/mol. The lowest BCUT2D eigenvalue weighted by Crippen LogP contribution is -2.49. The molecule has 9 heteroatoms. The number of fused-ring (bicyclic) bond motifs is 1. The minimum absolute atomic E-state index is 0.0532. The zero-order valence-corrected chi connectivity index (χ0v) is 16.9. The molecule has 1 unspecified atom stereocenters. The van der Waals surface area contributed by atoms with E-state index >= 15 is 0 Å². The fourth-order valence-corrected chi connectivity index (χ4v) is 4.71. The third-order valence-electron chi connectivity index (χ3n) is 5.18. The summed E-state index contributed by atoms with van der Waals surface area (Å²) in [5.74, 6) is 1.72. The predicted octanol–water partition coefficient (Wildman–Crippen LogP) is 1.54. The Labute approximate surface area is 168 Å². The molecule has 0 aromatic carbocycles. The summed E-state index contributed by atoms with van der Waals surface area (Å²) in [5.41, 5.74) is 0.762. The molecule has 1 fully saturated rings. The van der Waals surface area contributed by atoms with Crippen LogP contribution in [0, 0.1) is 0 Å². The standard InChI is InChI=1S/C19H24N6O2S/c1-13(2)15-11-17(27)25-14(12-28-19(25)22-15)10-16(26)23-6-8-24(9-7-23)18-20-4-3-5-21-18/h3-5,11,13-14H,6-10,12H2,1-2H3. The van der Waals surface area contributed by atoms with Crippen LogP contribution in [-0.2, 0) is 4.79 Å². The summed E-state index contributed by atoms with van der Waals surface area (Å²) in [6.07, 6.45) is 3.79. The summed E-state index contributed by atoms with van der Waals surface area (Å²) in [7, 11) is 0. The topological polar surface area (TPSA) is 84.2 Å². The largest absolute Gasteiger partial charge is 0.339 e. The third-order valence-corrected chi connectivity index (χ3v) is 6.28. The quantitative estimate of drug-likeness (QED) is 0.720. The van der Waals surface area contributed by atoms with Crippen molar-refractivity contribution in [3.8, 4) is 0 Å². The highest BCUT2D eigenvalue weighted by Crippen LogP contribution is 2.33. The number of thioether (sulfide) groups is 1. The first-order valence-corrected chi connectivity index (χ1v) is 10.6. The number of amides is 1. The minimum Gasteiger partial charge on any atom is -0.339 e. The molecule has 2 aliphatic heterocycles. The first-order chi connectivity index (χ1) is 13.5. The first kappa shape index (κ1) is 18.9. The molecule has 148 valence electrons. The van der Waals surface area contributed by atoms with Gasteiger partial charge in [-0.05, 0) is 12.0 Å². The molecule has 0 aliphatic carbocycles. The second kappa shape index (κ2) is 7.90. The van der Waals surface area contributed by atoms with E-state index in [0.29, 0.717) is 44.3 Å². The molecular weight excluding hydrogens is 376 g/mol. The van der Waals surface area contributed by atoms with Gasteiger partial charge in [0.2, 0.25) is 11.9 Å². The average Bonchev–Trinajstić information content (AvgIpc) is 3.12. The van der Waals surface area contributed by atoms with Gasteiger partial charge in [0.25, 0.3) is 5.56 Å². The van der Waals surface area contributed by atoms with Gasteiger partial charge in [-0.2, -0.15) is 0 Å². The van der Waals surface area contributed by atoms with Crippen LogP contribution in [0.1, 0.15) is 37.9 Å². The van der Waals surface area contributed by atoms with Crippen molar-refractivity contribution in [1.29, 1.82) is 0 Å². The molecule has 8 nitrogen and oxygen atoms in total. The van der Waals surface area contributed by atoms with Crippen LogP contribution in [0.2, 0.25) is 0 Å². The number of anilines is 1. The number of nitrogens with zero attached hydrogens (tertiary/aromatic N) is 6.